The molecule has 31 heavy (non-hydrogen) atoms. The summed E-state index contributed by atoms with van der Waals surface area (Å²) in [5, 5.41) is 19.4. The van der Waals surface area contributed by atoms with E-state index >= 15 is 0 Å². The Balaban J connectivity index is 1.78. The van der Waals surface area contributed by atoms with Gasteiger partial charge in [-0.3, -0.25) is 9.69 Å². The molecule has 1 saturated heterocycles. The predicted octanol–water partition coefficient (Wildman–Crippen LogP) is 2.89. The molecule has 0 bridgehead atoms. The van der Waals surface area contributed by atoms with E-state index in [-0.39, 0.29) is 28.9 Å². The van der Waals surface area contributed by atoms with Crippen molar-refractivity contribution in [2.45, 2.75) is 11.8 Å². The fraction of sp³-hybridized carbons (Fsp3) is 0.238. The molecule has 2 aromatic carbocycles. The van der Waals surface area contributed by atoms with Crippen molar-refractivity contribution in [3.05, 3.63) is 64.4 Å². The van der Waals surface area contributed by atoms with E-state index < -0.39 is 42.2 Å². The smallest absolute Gasteiger partial charge is 0.417 e. The van der Waals surface area contributed by atoms with Crippen LogP contribution in [0.25, 0.3) is 22.0 Å². The van der Waals surface area contributed by atoms with Gasteiger partial charge in [-0.15, -0.1) is 0 Å². The topological polar surface area (TPSA) is 103 Å². The Bertz CT molecular complexity index is 1220. The molecule has 7 nitrogen and oxygen atoms in total. The first-order valence-corrected chi connectivity index (χ1v) is 9.23. The number of carbonyl (C=O) groups is 1. The number of amides is 1. The van der Waals surface area contributed by atoms with Crippen LogP contribution in [0.4, 0.5) is 23.7 Å². The van der Waals surface area contributed by atoms with Gasteiger partial charge in [0.05, 0.1) is 25.3 Å². The van der Waals surface area contributed by atoms with Crippen molar-refractivity contribution in [3.63, 3.8) is 0 Å². The number of rotatable bonds is 4. The standard InChI is InChI=1S/C21H17F3N2O5/c22-21(23,24)16-4-2-1-3-14(16)17-7-12-5-6-13(8-15(12)18(29)25-17)26-9-20(10-27,11-28)31-19(26)30/h1-8,27-28H,9-11H2,(H,25,29). The summed E-state index contributed by atoms with van der Waals surface area (Å²) in [6, 6.07) is 10.8. The van der Waals surface area contributed by atoms with E-state index in [1.807, 2.05) is 0 Å². The fourth-order valence-corrected chi connectivity index (χ4v) is 3.56. The summed E-state index contributed by atoms with van der Waals surface area (Å²) < 4.78 is 45.1. The molecule has 2 heterocycles. The van der Waals surface area contributed by atoms with Crippen molar-refractivity contribution in [1.82, 2.24) is 4.98 Å². The quantitative estimate of drug-likeness (QED) is 0.586. The Morgan fingerprint density at radius 1 is 1.06 bits per heavy atom. The summed E-state index contributed by atoms with van der Waals surface area (Å²) in [4.78, 5) is 28.5. The number of nitrogens with zero attached hydrogens (tertiary/aromatic N) is 1. The van der Waals surface area contributed by atoms with Gasteiger partial charge >= 0.3 is 12.3 Å². The normalized spacial score (nSPS) is 16.0. The fourth-order valence-electron chi connectivity index (χ4n) is 3.56. The summed E-state index contributed by atoms with van der Waals surface area (Å²) in [5.41, 5.74) is -2.81. The van der Waals surface area contributed by atoms with Crippen molar-refractivity contribution >= 4 is 22.6 Å². The van der Waals surface area contributed by atoms with Gasteiger partial charge in [0.25, 0.3) is 5.56 Å². The van der Waals surface area contributed by atoms with E-state index in [0.29, 0.717) is 5.39 Å². The molecule has 1 fully saturated rings. The van der Waals surface area contributed by atoms with Gasteiger partial charge in [0.15, 0.2) is 5.60 Å². The van der Waals surface area contributed by atoms with Gasteiger partial charge in [-0.25, -0.2) is 4.79 Å². The third-order valence-electron chi connectivity index (χ3n) is 5.21. The van der Waals surface area contributed by atoms with E-state index in [9.17, 15) is 33.0 Å². The lowest BCUT2D eigenvalue weighted by Gasteiger charge is -2.21. The zero-order chi connectivity index (χ0) is 22.4. The summed E-state index contributed by atoms with van der Waals surface area (Å²) >= 11 is 0. The van der Waals surface area contributed by atoms with Gasteiger partial charge in [-0.1, -0.05) is 24.3 Å². The summed E-state index contributed by atoms with van der Waals surface area (Å²) in [6.45, 7) is -1.29. The number of H-pyrrole nitrogens is 1. The molecule has 1 aliphatic heterocycles. The second-order valence-electron chi connectivity index (χ2n) is 7.28. The number of alkyl halides is 3. The van der Waals surface area contributed by atoms with Crippen LogP contribution in [0.5, 0.6) is 0 Å². The van der Waals surface area contributed by atoms with E-state index in [1.165, 1.54) is 42.5 Å². The number of anilines is 1. The first-order chi connectivity index (χ1) is 14.7. The largest absolute Gasteiger partial charge is 0.436 e. The number of aliphatic hydroxyl groups excluding tert-OH is 2. The van der Waals surface area contributed by atoms with Crippen molar-refractivity contribution in [3.8, 4) is 11.3 Å². The maximum atomic E-state index is 13.4. The third kappa shape index (κ3) is 3.64. The zero-order valence-corrected chi connectivity index (χ0v) is 15.9. The van der Waals surface area contributed by atoms with Crippen LogP contribution in [-0.2, 0) is 10.9 Å². The summed E-state index contributed by atoms with van der Waals surface area (Å²) in [5.74, 6) is 0. The molecule has 3 aromatic rings. The molecule has 3 N–H and O–H groups in total. The maximum absolute atomic E-state index is 13.4. The minimum atomic E-state index is -4.59. The Labute approximate surface area is 173 Å². The van der Waals surface area contributed by atoms with Gasteiger partial charge in [0.2, 0.25) is 0 Å². The SMILES string of the molecule is O=C1OC(CO)(CO)CN1c1ccc2cc(-c3ccccc3C(F)(F)F)[nH]c(=O)c2c1. The van der Waals surface area contributed by atoms with E-state index in [2.05, 4.69) is 4.98 Å². The monoisotopic (exact) mass is 434 g/mol. The molecule has 0 saturated carbocycles. The Hall–Kier alpha value is -3.37. The maximum Gasteiger partial charge on any atom is 0.417 e. The molecule has 4 rings (SSSR count). The molecule has 0 radical (unpaired) electrons. The number of hydrogen-bond donors (Lipinski definition) is 3. The number of aliphatic hydroxyl groups is 2. The number of pyridine rings is 1. The van der Waals surface area contributed by atoms with Gasteiger partial charge in [0.1, 0.15) is 0 Å². The first-order valence-electron chi connectivity index (χ1n) is 9.23. The highest BCUT2D eigenvalue weighted by Crippen LogP contribution is 2.37. The van der Waals surface area contributed by atoms with Crippen LogP contribution in [0.2, 0.25) is 0 Å². The Morgan fingerprint density at radius 2 is 1.77 bits per heavy atom. The molecule has 162 valence electrons. The molecule has 0 unspecified atom stereocenters. The van der Waals surface area contributed by atoms with E-state index in [0.717, 1.165) is 11.0 Å². The van der Waals surface area contributed by atoms with Crippen LogP contribution >= 0.6 is 0 Å². The average Bonchev–Trinajstić information content (AvgIpc) is 3.10. The molecule has 0 spiro atoms. The number of ether oxygens (including phenoxy) is 1. The number of carbonyl (C=O) groups excluding carboxylic acids is 1. The zero-order valence-electron chi connectivity index (χ0n) is 15.9. The molecular weight excluding hydrogens is 417 g/mol. The molecule has 0 atom stereocenters. The summed E-state index contributed by atoms with van der Waals surface area (Å²) in [7, 11) is 0. The third-order valence-corrected chi connectivity index (χ3v) is 5.21. The lowest BCUT2D eigenvalue weighted by Crippen LogP contribution is -2.42. The van der Waals surface area contributed by atoms with Crippen molar-refractivity contribution in [2.75, 3.05) is 24.7 Å². The number of halogens is 3. The number of aromatic amines is 1. The van der Waals surface area contributed by atoms with Gasteiger partial charge in [0, 0.05) is 22.3 Å². The lowest BCUT2D eigenvalue weighted by molar-refractivity contribution is -0.137. The second-order valence-corrected chi connectivity index (χ2v) is 7.28. The Kier molecular flexibility index (Phi) is 4.98. The van der Waals surface area contributed by atoms with Crippen molar-refractivity contribution in [1.29, 1.82) is 0 Å². The predicted molar refractivity (Wildman–Crippen MR) is 106 cm³/mol. The number of cyclic esters (lactones) is 1. The number of nitrogens with one attached hydrogen (secondary N) is 1. The van der Waals surface area contributed by atoms with Crippen LogP contribution in [0.15, 0.2) is 53.3 Å². The highest BCUT2D eigenvalue weighted by Gasteiger charge is 2.45. The van der Waals surface area contributed by atoms with E-state index in [4.69, 9.17) is 4.74 Å². The van der Waals surface area contributed by atoms with Crippen LogP contribution in [0.3, 0.4) is 0 Å². The highest BCUT2D eigenvalue weighted by atomic mass is 19.4. The number of fused-ring (bicyclic) bond motifs is 1. The molecule has 0 aliphatic carbocycles. The number of benzene rings is 2. The minimum Gasteiger partial charge on any atom is -0.436 e. The molecular formula is C21H17F3N2O5. The van der Waals surface area contributed by atoms with Crippen LogP contribution in [-0.4, -0.2) is 46.6 Å². The number of hydrogen-bond acceptors (Lipinski definition) is 5. The highest BCUT2D eigenvalue weighted by molar-refractivity contribution is 5.95. The van der Waals surface area contributed by atoms with Gasteiger partial charge in [-0.05, 0) is 29.7 Å². The average molecular weight is 434 g/mol. The Morgan fingerprint density at radius 3 is 2.42 bits per heavy atom. The van der Waals surface area contributed by atoms with Crippen molar-refractivity contribution in [2.24, 2.45) is 0 Å². The lowest BCUT2D eigenvalue weighted by atomic mass is 10.0. The van der Waals surface area contributed by atoms with E-state index in [1.54, 1.807) is 0 Å². The molecule has 10 heteroatoms. The van der Waals surface area contributed by atoms with Crippen LogP contribution < -0.4 is 10.5 Å². The minimum absolute atomic E-state index is 0.0123. The van der Waals surface area contributed by atoms with Crippen molar-refractivity contribution < 1.29 is 32.9 Å². The first kappa shape index (κ1) is 20.9. The van der Waals surface area contributed by atoms with Gasteiger partial charge in [-0.2, -0.15) is 13.2 Å². The van der Waals surface area contributed by atoms with Crippen LogP contribution in [0, 0.1) is 0 Å². The summed E-state index contributed by atoms with van der Waals surface area (Å²) in [6.07, 6.45) is -5.39. The van der Waals surface area contributed by atoms with Gasteiger partial charge < -0.3 is 19.9 Å². The molecule has 1 amide bonds. The molecule has 1 aliphatic rings. The second kappa shape index (κ2) is 7.40. The van der Waals surface area contributed by atoms with Crippen LogP contribution in [0.1, 0.15) is 5.56 Å². The molecule has 1 aromatic heterocycles. The number of aromatic nitrogens is 1.